The lowest BCUT2D eigenvalue weighted by Crippen LogP contribution is -2.47. The largest absolute Gasteiger partial charge is 0.377 e. The Bertz CT molecular complexity index is 581. The van der Waals surface area contributed by atoms with Crippen LogP contribution in [-0.4, -0.2) is 41.6 Å². The SMILES string of the molecule is C[C@@H]1COCCN1C(=O)c1ccc2ncsc2c1. The number of benzene rings is 1. The van der Waals surface area contributed by atoms with Crippen LogP contribution < -0.4 is 0 Å². The molecule has 1 aliphatic rings. The van der Waals surface area contributed by atoms with Crippen LogP contribution in [-0.2, 0) is 4.74 Å². The van der Waals surface area contributed by atoms with Gasteiger partial charge in [-0.05, 0) is 25.1 Å². The van der Waals surface area contributed by atoms with Crippen molar-refractivity contribution in [3.63, 3.8) is 0 Å². The number of amides is 1. The van der Waals surface area contributed by atoms with E-state index in [0.717, 1.165) is 15.8 Å². The highest BCUT2D eigenvalue weighted by Gasteiger charge is 2.24. The quantitative estimate of drug-likeness (QED) is 0.791. The number of rotatable bonds is 1. The average Bonchev–Trinajstić information content (AvgIpc) is 2.85. The van der Waals surface area contributed by atoms with Crippen molar-refractivity contribution >= 4 is 27.5 Å². The summed E-state index contributed by atoms with van der Waals surface area (Å²) in [6.45, 7) is 3.93. The maximum atomic E-state index is 12.4. The lowest BCUT2D eigenvalue weighted by atomic mass is 10.1. The Labute approximate surface area is 109 Å². The first kappa shape index (κ1) is 11.6. The van der Waals surface area contributed by atoms with Crippen molar-refractivity contribution in [3.8, 4) is 0 Å². The molecule has 1 aromatic heterocycles. The summed E-state index contributed by atoms with van der Waals surface area (Å²) in [7, 11) is 0. The highest BCUT2D eigenvalue weighted by Crippen LogP contribution is 2.21. The molecule has 1 saturated heterocycles. The van der Waals surface area contributed by atoms with E-state index in [2.05, 4.69) is 4.98 Å². The molecular formula is C13H14N2O2S. The van der Waals surface area contributed by atoms with Crippen LogP contribution in [0.1, 0.15) is 17.3 Å². The second-order valence-electron chi connectivity index (χ2n) is 4.46. The molecule has 0 aliphatic carbocycles. The molecule has 2 aromatic rings. The van der Waals surface area contributed by atoms with Gasteiger partial charge in [-0.25, -0.2) is 4.98 Å². The van der Waals surface area contributed by atoms with Crippen LogP contribution in [0.2, 0.25) is 0 Å². The van der Waals surface area contributed by atoms with Gasteiger partial charge < -0.3 is 9.64 Å². The fraction of sp³-hybridized carbons (Fsp3) is 0.385. The molecule has 18 heavy (non-hydrogen) atoms. The smallest absolute Gasteiger partial charge is 0.254 e. The summed E-state index contributed by atoms with van der Waals surface area (Å²) in [5.74, 6) is 0.0844. The van der Waals surface area contributed by atoms with Gasteiger partial charge in [0.1, 0.15) is 0 Å². The highest BCUT2D eigenvalue weighted by atomic mass is 32.1. The van der Waals surface area contributed by atoms with Crippen LogP contribution in [0, 0.1) is 0 Å². The minimum absolute atomic E-state index is 0.0844. The van der Waals surface area contributed by atoms with Crippen LogP contribution in [0.5, 0.6) is 0 Å². The summed E-state index contributed by atoms with van der Waals surface area (Å²) in [4.78, 5) is 18.5. The number of carbonyl (C=O) groups excluding carboxylic acids is 1. The Morgan fingerprint density at radius 1 is 1.56 bits per heavy atom. The first-order valence-corrected chi connectivity index (χ1v) is 6.85. The van der Waals surface area contributed by atoms with Gasteiger partial charge in [0.05, 0.1) is 35.0 Å². The number of thiazole rings is 1. The van der Waals surface area contributed by atoms with Gasteiger partial charge in [-0.1, -0.05) is 0 Å². The Morgan fingerprint density at radius 3 is 3.28 bits per heavy atom. The molecule has 1 amide bonds. The molecule has 2 heterocycles. The van der Waals surface area contributed by atoms with Crippen molar-refractivity contribution in [2.45, 2.75) is 13.0 Å². The number of hydrogen-bond acceptors (Lipinski definition) is 4. The maximum absolute atomic E-state index is 12.4. The molecule has 1 fully saturated rings. The lowest BCUT2D eigenvalue weighted by Gasteiger charge is -2.33. The molecule has 0 spiro atoms. The van der Waals surface area contributed by atoms with Gasteiger partial charge in [0.25, 0.3) is 5.91 Å². The summed E-state index contributed by atoms with van der Waals surface area (Å²) in [6, 6.07) is 5.83. The third-order valence-corrected chi connectivity index (χ3v) is 4.00. The fourth-order valence-electron chi connectivity index (χ4n) is 2.18. The number of ether oxygens (including phenoxy) is 1. The second kappa shape index (κ2) is 4.66. The number of carbonyl (C=O) groups is 1. The van der Waals surface area contributed by atoms with Crippen molar-refractivity contribution in [2.24, 2.45) is 0 Å². The highest BCUT2D eigenvalue weighted by molar-refractivity contribution is 7.16. The normalized spacial score (nSPS) is 20.3. The van der Waals surface area contributed by atoms with Crippen LogP contribution in [0.4, 0.5) is 0 Å². The van der Waals surface area contributed by atoms with E-state index < -0.39 is 0 Å². The molecule has 0 saturated carbocycles. The molecule has 5 heteroatoms. The van der Waals surface area contributed by atoms with E-state index in [1.54, 1.807) is 16.8 Å². The lowest BCUT2D eigenvalue weighted by molar-refractivity contribution is 0.00360. The van der Waals surface area contributed by atoms with Crippen molar-refractivity contribution in [2.75, 3.05) is 19.8 Å². The average molecular weight is 262 g/mol. The molecule has 94 valence electrons. The molecule has 0 unspecified atom stereocenters. The number of nitrogens with zero attached hydrogens (tertiary/aromatic N) is 2. The van der Waals surface area contributed by atoms with Gasteiger partial charge in [0, 0.05) is 12.1 Å². The zero-order valence-corrected chi connectivity index (χ0v) is 10.9. The van der Waals surface area contributed by atoms with Gasteiger partial charge in [-0.2, -0.15) is 0 Å². The topological polar surface area (TPSA) is 42.4 Å². The second-order valence-corrected chi connectivity index (χ2v) is 5.34. The molecular weight excluding hydrogens is 248 g/mol. The molecule has 1 aromatic carbocycles. The van der Waals surface area contributed by atoms with Gasteiger partial charge in [0.2, 0.25) is 0 Å². The zero-order valence-electron chi connectivity index (χ0n) is 10.1. The molecule has 1 aliphatic heterocycles. The van der Waals surface area contributed by atoms with Crippen LogP contribution in [0.3, 0.4) is 0 Å². The predicted molar refractivity (Wildman–Crippen MR) is 70.9 cm³/mol. The fourth-order valence-corrected chi connectivity index (χ4v) is 2.90. The van der Waals surface area contributed by atoms with Crippen molar-refractivity contribution in [3.05, 3.63) is 29.3 Å². The molecule has 1 atom stereocenters. The minimum atomic E-state index is 0.0844. The third-order valence-electron chi connectivity index (χ3n) is 3.21. The maximum Gasteiger partial charge on any atom is 0.254 e. The van der Waals surface area contributed by atoms with Gasteiger partial charge in [-0.3, -0.25) is 4.79 Å². The van der Waals surface area contributed by atoms with E-state index in [1.165, 1.54) is 0 Å². The standard InChI is InChI=1S/C13H14N2O2S/c1-9-7-17-5-4-15(9)13(16)10-2-3-11-12(6-10)18-8-14-11/h2-3,6,8-9H,4-5,7H2,1H3/t9-/m1/s1. The minimum Gasteiger partial charge on any atom is -0.377 e. The van der Waals surface area contributed by atoms with Gasteiger partial charge in [0.15, 0.2) is 0 Å². The number of aromatic nitrogens is 1. The van der Waals surface area contributed by atoms with E-state index >= 15 is 0 Å². The number of hydrogen-bond donors (Lipinski definition) is 0. The van der Waals surface area contributed by atoms with E-state index in [1.807, 2.05) is 30.0 Å². The molecule has 4 nitrogen and oxygen atoms in total. The van der Waals surface area contributed by atoms with Gasteiger partial charge in [-0.15, -0.1) is 11.3 Å². The van der Waals surface area contributed by atoms with Crippen molar-refractivity contribution in [1.29, 1.82) is 0 Å². The molecule has 3 rings (SSSR count). The Hall–Kier alpha value is -1.46. The number of fused-ring (bicyclic) bond motifs is 1. The van der Waals surface area contributed by atoms with E-state index in [0.29, 0.717) is 19.8 Å². The number of morpholine rings is 1. The molecule has 0 radical (unpaired) electrons. The first-order valence-electron chi connectivity index (χ1n) is 5.97. The molecule has 0 bridgehead atoms. The van der Waals surface area contributed by atoms with Gasteiger partial charge >= 0.3 is 0 Å². The Morgan fingerprint density at radius 2 is 2.44 bits per heavy atom. The van der Waals surface area contributed by atoms with Crippen LogP contribution >= 0.6 is 11.3 Å². The Balaban J connectivity index is 1.90. The van der Waals surface area contributed by atoms with Crippen LogP contribution in [0.15, 0.2) is 23.7 Å². The summed E-state index contributed by atoms with van der Waals surface area (Å²) < 4.78 is 6.41. The van der Waals surface area contributed by atoms with E-state index in [4.69, 9.17) is 4.74 Å². The summed E-state index contributed by atoms with van der Waals surface area (Å²) in [5, 5.41) is 0. The van der Waals surface area contributed by atoms with Crippen molar-refractivity contribution in [1.82, 2.24) is 9.88 Å². The summed E-state index contributed by atoms with van der Waals surface area (Å²) in [5.41, 5.74) is 3.49. The molecule has 0 N–H and O–H groups in total. The van der Waals surface area contributed by atoms with Crippen LogP contribution in [0.25, 0.3) is 10.2 Å². The van der Waals surface area contributed by atoms with E-state index in [9.17, 15) is 4.79 Å². The van der Waals surface area contributed by atoms with E-state index in [-0.39, 0.29) is 11.9 Å². The first-order chi connectivity index (χ1) is 8.75. The van der Waals surface area contributed by atoms with Crippen molar-refractivity contribution < 1.29 is 9.53 Å². The summed E-state index contributed by atoms with van der Waals surface area (Å²) >= 11 is 1.56. The Kier molecular flexibility index (Phi) is 3.01. The predicted octanol–water partition coefficient (Wildman–Crippen LogP) is 2.16. The summed E-state index contributed by atoms with van der Waals surface area (Å²) in [6.07, 6.45) is 0. The zero-order chi connectivity index (χ0) is 12.5. The monoisotopic (exact) mass is 262 g/mol. The third kappa shape index (κ3) is 2.00.